The largest absolute Gasteiger partial charge is 0.481 e. The fourth-order valence-electron chi connectivity index (χ4n) is 4.26. The number of carbonyl (C=O) groups is 5. The fourth-order valence-corrected chi connectivity index (χ4v) is 4.26. The van der Waals surface area contributed by atoms with Crippen molar-refractivity contribution in [3.8, 4) is 0 Å². The first-order valence-electron chi connectivity index (χ1n) is 12.7. The molecule has 2 heterocycles. The van der Waals surface area contributed by atoms with Gasteiger partial charge in [-0.1, -0.05) is 6.92 Å². The molecule has 2 aliphatic rings. The molecule has 0 aromatic heterocycles. The lowest BCUT2D eigenvalue weighted by Crippen LogP contribution is -2.49. The van der Waals surface area contributed by atoms with Crippen molar-refractivity contribution in [2.24, 2.45) is 23.7 Å². The van der Waals surface area contributed by atoms with Crippen molar-refractivity contribution in [1.82, 2.24) is 9.80 Å². The summed E-state index contributed by atoms with van der Waals surface area (Å²) < 4.78 is 19.9. The first kappa shape index (κ1) is 33.0. The van der Waals surface area contributed by atoms with Gasteiger partial charge in [0.15, 0.2) is 0 Å². The number of likely N-dealkylation sites (tertiary alicyclic amines) is 2. The van der Waals surface area contributed by atoms with Gasteiger partial charge in [-0.2, -0.15) is 0 Å². The van der Waals surface area contributed by atoms with E-state index in [1.807, 2.05) is 27.7 Å². The van der Waals surface area contributed by atoms with Gasteiger partial charge in [-0.15, -0.1) is 0 Å². The normalized spacial score (nSPS) is 23.8. The Morgan fingerprint density at radius 1 is 0.658 bits per heavy atom. The van der Waals surface area contributed by atoms with Crippen LogP contribution >= 0.6 is 0 Å². The van der Waals surface area contributed by atoms with Gasteiger partial charge in [0, 0.05) is 26.2 Å². The fraction of sp³-hybridized carbons (Fsp3) is 0.808. The second-order valence-corrected chi connectivity index (χ2v) is 11.8. The lowest BCUT2D eigenvalue weighted by Gasteiger charge is -2.36. The molecule has 2 fully saturated rings. The summed E-state index contributed by atoms with van der Waals surface area (Å²) in [5.41, 5.74) is -1.19. The van der Waals surface area contributed by atoms with E-state index in [1.54, 1.807) is 25.7 Å². The van der Waals surface area contributed by atoms with Crippen LogP contribution in [0, 0.1) is 23.7 Å². The third-order valence-electron chi connectivity index (χ3n) is 5.83. The minimum absolute atomic E-state index is 0.0394. The summed E-state index contributed by atoms with van der Waals surface area (Å²) >= 11 is 0. The highest BCUT2D eigenvalue weighted by Gasteiger charge is 2.39. The molecular formula is C26H44N2O10. The summed E-state index contributed by atoms with van der Waals surface area (Å²) in [7, 11) is 2.62. The molecule has 0 saturated carbocycles. The van der Waals surface area contributed by atoms with Crippen molar-refractivity contribution in [3.05, 3.63) is 0 Å². The molecule has 218 valence electrons. The molecule has 0 spiro atoms. The highest BCUT2D eigenvalue weighted by atomic mass is 16.6. The molecule has 2 amide bonds. The second-order valence-electron chi connectivity index (χ2n) is 11.8. The summed E-state index contributed by atoms with van der Waals surface area (Å²) in [4.78, 5) is 61.1. The van der Waals surface area contributed by atoms with Gasteiger partial charge in [-0.05, 0) is 60.3 Å². The van der Waals surface area contributed by atoms with E-state index < -0.39 is 41.1 Å². The summed E-state index contributed by atoms with van der Waals surface area (Å²) in [5.74, 6) is -3.20. The third kappa shape index (κ3) is 11.1. The van der Waals surface area contributed by atoms with Crippen molar-refractivity contribution in [2.45, 2.75) is 72.5 Å². The number of hydrogen-bond donors (Lipinski definition) is 1. The van der Waals surface area contributed by atoms with Crippen LogP contribution in [-0.2, 0) is 33.3 Å². The summed E-state index contributed by atoms with van der Waals surface area (Å²) in [6.07, 6.45) is -0.0481. The maximum Gasteiger partial charge on any atom is 0.410 e. The molecule has 12 nitrogen and oxygen atoms in total. The maximum atomic E-state index is 12.0. The molecule has 0 aromatic rings. The predicted molar refractivity (Wildman–Crippen MR) is 136 cm³/mol. The van der Waals surface area contributed by atoms with Crippen LogP contribution < -0.4 is 0 Å². The van der Waals surface area contributed by atoms with Gasteiger partial charge in [0.2, 0.25) is 0 Å². The predicted octanol–water partition coefficient (Wildman–Crippen LogP) is 3.17. The number of methoxy groups -OCH3 is 2. The van der Waals surface area contributed by atoms with Crippen molar-refractivity contribution in [3.63, 3.8) is 0 Å². The van der Waals surface area contributed by atoms with Crippen LogP contribution in [0.25, 0.3) is 0 Å². The van der Waals surface area contributed by atoms with E-state index in [1.165, 1.54) is 19.1 Å². The number of carbonyl (C=O) groups excluding carboxylic acids is 4. The Morgan fingerprint density at radius 3 is 1.39 bits per heavy atom. The molecule has 12 heteroatoms. The van der Waals surface area contributed by atoms with Crippen molar-refractivity contribution in [2.75, 3.05) is 40.4 Å². The number of amides is 2. The highest BCUT2D eigenvalue weighted by molar-refractivity contribution is 5.78. The molecule has 4 atom stereocenters. The Labute approximate surface area is 224 Å². The van der Waals surface area contributed by atoms with Crippen LogP contribution in [0.2, 0.25) is 0 Å². The van der Waals surface area contributed by atoms with E-state index in [0.29, 0.717) is 13.1 Å². The zero-order valence-corrected chi connectivity index (χ0v) is 24.1. The van der Waals surface area contributed by atoms with E-state index in [4.69, 9.17) is 19.3 Å². The molecule has 2 aliphatic heterocycles. The van der Waals surface area contributed by atoms with Gasteiger partial charge in [0.05, 0.1) is 32.0 Å². The first-order chi connectivity index (χ1) is 17.4. The number of esters is 2. The third-order valence-corrected chi connectivity index (χ3v) is 5.83. The lowest BCUT2D eigenvalue weighted by atomic mass is 9.89. The first-order valence-corrected chi connectivity index (χ1v) is 12.7. The molecule has 38 heavy (non-hydrogen) atoms. The minimum Gasteiger partial charge on any atom is -0.481 e. The van der Waals surface area contributed by atoms with E-state index in [9.17, 15) is 24.0 Å². The Morgan fingerprint density at radius 2 is 1.03 bits per heavy atom. The van der Waals surface area contributed by atoms with Crippen LogP contribution in [0.1, 0.15) is 61.3 Å². The zero-order valence-electron chi connectivity index (χ0n) is 24.1. The van der Waals surface area contributed by atoms with Crippen LogP contribution in [-0.4, -0.2) is 96.6 Å². The van der Waals surface area contributed by atoms with Gasteiger partial charge in [-0.25, -0.2) is 9.59 Å². The van der Waals surface area contributed by atoms with Crippen molar-refractivity contribution < 1.29 is 48.0 Å². The zero-order chi connectivity index (χ0) is 29.4. The topological polar surface area (TPSA) is 149 Å². The maximum absolute atomic E-state index is 12.0. The Balaban J connectivity index is 0.000000382. The molecule has 0 bridgehead atoms. The average Bonchev–Trinajstić information content (AvgIpc) is 2.80. The monoisotopic (exact) mass is 544 g/mol. The Hall–Kier alpha value is -3.05. The number of piperidine rings is 2. The molecule has 2 rings (SSSR count). The Kier molecular flexibility index (Phi) is 11.9. The number of carboxylic acid groups (broad SMARTS) is 1. The molecular weight excluding hydrogens is 500 g/mol. The van der Waals surface area contributed by atoms with Crippen LogP contribution in [0.3, 0.4) is 0 Å². The summed E-state index contributed by atoms with van der Waals surface area (Å²) in [6, 6.07) is 0. The van der Waals surface area contributed by atoms with E-state index in [-0.39, 0.29) is 43.4 Å². The van der Waals surface area contributed by atoms with Gasteiger partial charge in [-0.3, -0.25) is 14.4 Å². The molecule has 1 N–H and O–H groups in total. The number of aliphatic carboxylic acids is 1. The quantitative estimate of drug-likeness (QED) is 0.415. The van der Waals surface area contributed by atoms with E-state index in [0.717, 1.165) is 6.42 Å². The van der Waals surface area contributed by atoms with Crippen molar-refractivity contribution in [1.29, 1.82) is 0 Å². The molecule has 0 aliphatic carbocycles. The van der Waals surface area contributed by atoms with Gasteiger partial charge in [0.25, 0.3) is 0 Å². The number of carboxylic acids is 1. The summed E-state index contributed by atoms with van der Waals surface area (Å²) in [5, 5.41) is 9.11. The van der Waals surface area contributed by atoms with Gasteiger partial charge >= 0.3 is 30.1 Å². The molecule has 0 radical (unpaired) electrons. The average molecular weight is 545 g/mol. The number of nitrogens with zero attached hydrogens (tertiary/aromatic N) is 2. The molecule has 0 aromatic carbocycles. The van der Waals surface area contributed by atoms with Crippen LogP contribution in [0.5, 0.6) is 0 Å². The van der Waals surface area contributed by atoms with Crippen LogP contribution in [0.4, 0.5) is 9.59 Å². The smallest absolute Gasteiger partial charge is 0.410 e. The number of rotatable bonds is 3. The van der Waals surface area contributed by atoms with Crippen molar-refractivity contribution >= 4 is 30.1 Å². The Bertz CT molecular complexity index is 861. The number of ether oxygens (including phenoxy) is 4. The SMILES string of the molecule is COC(=O)[C@H]1C[C@@H](C(=O)O)CN(C(=O)OC(C)(C)C)C1.COC(=O)[C@H]1C[C@@H](C)CN(C(=O)OC(C)(C)C)C1. The van der Waals surface area contributed by atoms with Gasteiger partial charge in [0.1, 0.15) is 11.2 Å². The standard InChI is InChI=1S/C13H21NO6.C13H23NO4/c1-13(2,3)20-12(18)14-6-8(10(15)16)5-9(7-14)11(17)19-4;1-9-6-10(11(15)17-5)8-14(7-9)12(16)18-13(2,3)4/h8-9H,5-7H2,1-4H3,(H,15,16);9-10H,6-8H2,1-5H3/t8-,9+;9-,10+/m11/s1. The van der Waals surface area contributed by atoms with E-state index in [2.05, 4.69) is 4.74 Å². The van der Waals surface area contributed by atoms with Crippen LogP contribution in [0.15, 0.2) is 0 Å². The van der Waals surface area contributed by atoms with Gasteiger partial charge < -0.3 is 33.9 Å². The summed E-state index contributed by atoms with van der Waals surface area (Å²) in [6.45, 7) is 13.8. The minimum atomic E-state index is -1.04. The van der Waals surface area contributed by atoms with E-state index >= 15 is 0 Å². The molecule has 2 saturated heterocycles. The number of hydrogen-bond acceptors (Lipinski definition) is 9. The highest BCUT2D eigenvalue weighted by Crippen LogP contribution is 2.26. The second kappa shape index (κ2) is 13.7. The molecule has 0 unspecified atom stereocenters. The lowest BCUT2D eigenvalue weighted by molar-refractivity contribution is -0.152.